The lowest BCUT2D eigenvalue weighted by Gasteiger charge is -2.15. The van der Waals surface area contributed by atoms with Crippen LogP contribution in [0.4, 0.5) is 5.69 Å². The van der Waals surface area contributed by atoms with Gasteiger partial charge in [-0.2, -0.15) is 0 Å². The van der Waals surface area contributed by atoms with Crippen LogP contribution in [-0.2, 0) is 6.54 Å². The molecule has 0 atom stereocenters. The van der Waals surface area contributed by atoms with Crippen LogP contribution in [0, 0.1) is 5.41 Å². The number of carbonyl (C=O) groups excluding carboxylic acids is 1. The van der Waals surface area contributed by atoms with Crippen molar-refractivity contribution in [3.63, 3.8) is 0 Å². The summed E-state index contributed by atoms with van der Waals surface area (Å²) in [6.45, 7) is 3.53. The predicted octanol–water partition coefficient (Wildman–Crippen LogP) is 0.983. The van der Waals surface area contributed by atoms with Gasteiger partial charge in [0.15, 0.2) is 0 Å². The summed E-state index contributed by atoms with van der Waals surface area (Å²) in [6.07, 6.45) is 4.72. The summed E-state index contributed by atoms with van der Waals surface area (Å²) in [5, 5.41) is 11.9. The van der Waals surface area contributed by atoms with Crippen molar-refractivity contribution in [2.75, 3.05) is 18.9 Å². The highest BCUT2D eigenvalue weighted by Crippen LogP contribution is 2.47. The smallest absolute Gasteiger partial charge is 0.268 e. The number of aromatic nitrogens is 1. The number of amides is 1. The van der Waals surface area contributed by atoms with Gasteiger partial charge in [0.2, 0.25) is 0 Å². The van der Waals surface area contributed by atoms with Crippen LogP contribution < -0.4 is 11.1 Å². The number of carbonyl (C=O) groups is 1. The summed E-state index contributed by atoms with van der Waals surface area (Å²) in [5.74, 6) is -0.0854. The van der Waals surface area contributed by atoms with Crippen molar-refractivity contribution in [1.82, 2.24) is 9.88 Å². The first kappa shape index (κ1) is 13.0. The third-order valence-electron chi connectivity index (χ3n) is 3.71. The molecule has 1 heterocycles. The number of hydrogen-bond acceptors (Lipinski definition) is 3. The van der Waals surface area contributed by atoms with Crippen LogP contribution >= 0.6 is 0 Å². The fourth-order valence-corrected chi connectivity index (χ4v) is 2.27. The minimum atomic E-state index is -0.0854. The zero-order valence-electron chi connectivity index (χ0n) is 10.8. The van der Waals surface area contributed by atoms with Crippen molar-refractivity contribution in [2.45, 2.75) is 32.7 Å². The van der Waals surface area contributed by atoms with Crippen molar-refractivity contribution in [2.24, 2.45) is 5.41 Å². The van der Waals surface area contributed by atoms with E-state index in [4.69, 9.17) is 10.8 Å². The van der Waals surface area contributed by atoms with Crippen molar-refractivity contribution in [3.8, 4) is 0 Å². The summed E-state index contributed by atoms with van der Waals surface area (Å²) >= 11 is 0. The van der Waals surface area contributed by atoms with Crippen LogP contribution in [0.25, 0.3) is 0 Å². The molecule has 1 aliphatic rings. The Kier molecular flexibility index (Phi) is 3.61. The Bertz CT molecular complexity index is 435. The van der Waals surface area contributed by atoms with E-state index in [-0.39, 0.29) is 17.9 Å². The van der Waals surface area contributed by atoms with Crippen molar-refractivity contribution >= 4 is 11.6 Å². The SMILES string of the molecule is CCn1cc(N)cc1C(=O)NCC1(CCO)CC1. The molecule has 5 nitrogen and oxygen atoms in total. The molecule has 5 heteroatoms. The molecular formula is C13H21N3O2. The molecular weight excluding hydrogens is 230 g/mol. The van der Waals surface area contributed by atoms with E-state index in [0.717, 1.165) is 25.8 Å². The number of aryl methyl sites for hydroxylation is 1. The number of aliphatic hydroxyl groups is 1. The van der Waals surface area contributed by atoms with Crippen LogP contribution in [0.3, 0.4) is 0 Å². The Morgan fingerprint density at radius 2 is 2.33 bits per heavy atom. The average Bonchev–Trinajstić information content (AvgIpc) is 3.01. The number of nitrogens with one attached hydrogen (secondary N) is 1. The highest BCUT2D eigenvalue weighted by molar-refractivity contribution is 5.93. The molecule has 0 radical (unpaired) electrons. The molecule has 18 heavy (non-hydrogen) atoms. The van der Waals surface area contributed by atoms with Gasteiger partial charge in [-0.15, -0.1) is 0 Å². The number of anilines is 1. The van der Waals surface area contributed by atoms with Gasteiger partial charge in [-0.3, -0.25) is 4.79 Å². The number of hydrogen-bond donors (Lipinski definition) is 3. The van der Waals surface area contributed by atoms with E-state index in [0.29, 0.717) is 17.9 Å². The summed E-state index contributed by atoms with van der Waals surface area (Å²) in [7, 11) is 0. The Balaban J connectivity index is 1.95. The van der Waals surface area contributed by atoms with E-state index in [1.165, 1.54) is 0 Å². The molecule has 0 aromatic carbocycles. The minimum absolute atomic E-state index is 0.0854. The zero-order valence-corrected chi connectivity index (χ0v) is 10.8. The Labute approximate surface area is 107 Å². The van der Waals surface area contributed by atoms with E-state index in [1.54, 1.807) is 12.3 Å². The topological polar surface area (TPSA) is 80.3 Å². The van der Waals surface area contributed by atoms with Crippen LogP contribution in [0.5, 0.6) is 0 Å². The summed E-state index contributed by atoms with van der Waals surface area (Å²) < 4.78 is 1.84. The molecule has 1 aromatic heterocycles. The van der Waals surface area contributed by atoms with E-state index in [2.05, 4.69) is 5.32 Å². The highest BCUT2D eigenvalue weighted by atomic mass is 16.3. The third-order valence-corrected chi connectivity index (χ3v) is 3.71. The van der Waals surface area contributed by atoms with Crippen LogP contribution in [0.2, 0.25) is 0 Å². The standard InChI is InChI=1S/C13H21N3O2/c1-2-16-8-10(14)7-11(16)12(18)15-9-13(3-4-13)5-6-17/h7-8,17H,2-6,9,14H2,1H3,(H,15,18). The first-order valence-electron chi connectivity index (χ1n) is 6.45. The average molecular weight is 251 g/mol. The van der Waals surface area contributed by atoms with Crippen LogP contribution in [0.15, 0.2) is 12.3 Å². The molecule has 2 rings (SSSR count). The highest BCUT2D eigenvalue weighted by Gasteiger charge is 2.42. The van der Waals surface area contributed by atoms with Gasteiger partial charge in [0.25, 0.3) is 5.91 Å². The van der Waals surface area contributed by atoms with E-state index < -0.39 is 0 Å². The monoisotopic (exact) mass is 251 g/mol. The van der Waals surface area contributed by atoms with Crippen molar-refractivity contribution in [1.29, 1.82) is 0 Å². The van der Waals surface area contributed by atoms with Gasteiger partial charge in [0.1, 0.15) is 5.69 Å². The normalized spacial score (nSPS) is 16.6. The Hall–Kier alpha value is -1.49. The van der Waals surface area contributed by atoms with E-state index in [1.807, 2.05) is 11.5 Å². The summed E-state index contributed by atoms with van der Waals surface area (Å²) in [5.41, 5.74) is 7.06. The van der Waals surface area contributed by atoms with Gasteiger partial charge in [-0.25, -0.2) is 0 Å². The zero-order chi connectivity index (χ0) is 13.2. The van der Waals surface area contributed by atoms with Crippen molar-refractivity contribution < 1.29 is 9.90 Å². The second kappa shape index (κ2) is 5.02. The number of nitrogen functional groups attached to an aromatic ring is 1. The third kappa shape index (κ3) is 2.67. The van der Waals surface area contributed by atoms with Gasteiger partial charge < -0.3 is 20.7 Å². The molecule has 0 spiro atoms. The number of aliphatic hydroxyl groups excluding tert-OH is 1. The molecule has 0 unspecified atom stereocenters. The molecule has 1 fully saturated rings. The molecule has 0 bridgehead atoms. The second-order valence-electron chi connectivity index (χ2n) is 5.10. The molecule has 1 saturated carbocycles. The minimum Gasteiger partial charge on any atom is -0.397 e. The van der Waals surface area contributed by atoms with Gasteiger partial charge in [-0.05, 0) is 37.7 Å². The first-order chi connectivity index (χ1) is 8.60. The van der Waals surface area contributed by atoms with Gasteiger partial charge in [0.05, 0.1) is 5.69 Å². The molecule has 1 aliphatic carbocycles. The quantitative estimate of drug-likeness (QED) is 0.705. The largest absolute Gasteiger partial charge is 0.397 e. The lowest BCUT2D eigenvalue weighted by molar-refractivity contribution is 0.0931. The molecule has 1 amide bonds. The molecule has 100 valence electrons. The maximum atomic E-state index is 12.1. The number of nitrogens with zero attached hydrogens (tertiary/aromatic N) is 1. The van der Waals surface area contributed by atoms with Gasteiger partial charge in [-0.1, -0.05) is 0 Å². The van der Waals surface area contributed by atoms with Gasteiger partial charge in [0, 0.05) is 25.9 Å². The van der Waals surface area contributed by atoms with E-state index >= 15 is 0 Å². The number of nitrogens with two attached hydrogens (primary N) is 1. The molecule has 1 aromatic rings. The van der Waals surface area contributed by atoms with Crippen molar-refractivity contribution in [3.05, 3.63) is 18.0 Å². The summed E-state index contributed by atoms with van der Waals surface area (Å²) in [6, 6.07) is 1.70. The maximum Gasteiger partial charge on any atom is 0.268 e. The van der Waals surface area contributed by atoms with Crippen LogP contribution in [0.1, 0.15) is 36.7 Å². The van der Waals surface area contributed by atoms with Gasteiger partial charge >= 0.3 is 0 Å². The summed E-state index contributed by atoms with van der Waals surface area (Å²) in [4.78, 5) is 12.1. The first-order valence-corrected chi connectivity index (χ1v) is 6.45. The Morgan fingerprint density at radius 3 is 2.89 bits per heavy atom. The lowest BCUT2D eigenvalue weighted by Crippen LogP contribution is -2.32. The number of rotatable bonds is 6. The van der Waals surface area contributed by atoms with E-state index in [9.17, 15) is 4.79 Å². The fraction of sp³-hybridized carbons (Fsp3) is 0.615. The lowest BCUT2D eigenvalue weighted by atomic mass is 10.0. The maximum absolute atomic E-state index is 12.1. The molecule has 4 N–H and O–H groups in total. The fourth-order valence-electron chi connectivity index (χ4n) is 2.27. The second-order valence-corrected chi connectivity index (χ2v) is 5.10. The van der Waals surface area contributed by atoms with Crippen LogP contribution in [-0.4, -0.2) is 28.7 Å². The molecule has 0 saturated heterocycles. The molecule has 0 aliphatic heterocycles. The predicted molar refractivity (Wildman–Crippen MR) is 70.2 cm³/mol. The Morgan fingerprint density at radius 1 is 1.61 bits per heavy atom.